The van der Waals surface area contributed by atoms with Crippen LogP contribution < -0.4 is 24.0 Å². The third kappa shape index (κ3) is 25.1. The van der Waals surface area contributed by atoms with Crippen LogP contribution >= 0.6 is 69.6 Å². The smallest absolute Gasteiger partial charge is 0.166 e. The van der Waals surface area contributed by atoms with Gasteiger partial charge in [-0.25, -0.2) is 9.97 Å². The summed E-state index contributed by atoms with van der Waals surface area (Å²) in [6.45, 7) is 10.0. The lowest BCUT2D eigenvalue weighted by atomic mass is 10.2. The molecular weight excluding hydrogens is 788 g/mol. The number of aromatic nitrogens is 4. The highest BCUT2D eigenvalue weighted by Gasteiger charge is 2.22. The van der Waals surface area contributed by atoms with E-state index < -0.39 is 0 Å². The molecule has 250 valence electrons. The minimum absolute atomic E-state index is 0. The molecule has 0 unspecified atom stereocenters. The zero-order valence-electron chi connectivity index (χ0n) is 24.2. The van der Waals surface area contributed by atoms with Crippen LogP contribution in [0.15, 0.2) is 23.0 Å². The monoisotopic (exact) mass is 833 g/mol. The van der Waals surface area contributed by atoms with Gasteiger partial charge in [-0.15, -0.1) is 0 Å². The molecule has 0 atom stereocenters. The number of nitrogens with one attached hydrogen (secondary N) is 1. The third-order valence-corrected chi connectivity index (χ3v) is 7.41. The molecule has 0 saturated carbocycles. The Morgan fingerprint density at radius 3 is 1.58 bits per heavy atom. The molecule has 1 aliphatic heterocycles. The van der Waals surface area contributed by atoms with Gasteiger partial charge < -0.3 is 43.3 Å². The van der Waals surface area contributed by atoms with Gasteiger partial charge in [0.2, 0.25) is 0 Å². The number of unbranched alkanes of at least 4 members (excludes halogenated alkanes) is 6. The Morgan fingerprint density at radius 1 is 0.791 bits per heavy atom. The summed E-state index contributed by atoms with van der Waals surface area (Å²) in [5, 5.41) is 17.7. The Bertz CT molecular complexity index is 1000. The number of imidazole rings is 2. The summed E-state index contributed by atoms with van der Waals surface area (Å²) >= 11 is 34.4. The maximum Gasteiger partial charge on any atom is 0.166 e. The van der Waals surface area contributed by atoms with Crippen molar-refractivity contribution in [3.63, 3.8) is 0 Å². The predicted octanol–water partition coefficient (Wildman–Crippen LogP) is 8.20. The van der Waals surface area contributed by atoms with Gasteiger partial charge in [-0.05, 0) is 12.8 Å². The SMILES string of the molecule is C.C.CC#N.CC#N.CCCCCCN1CN(C)C(Cl)=C1Cl.CCCCCCn1cnc(Cl)c1Cl.Clc1nc[nH]c1Cl.[I-]. The van der Waals surface area contributed by atoms with Gasteiger partial charge >= 0.3 is 0 Å². The number of nitrogens with zero attached hydrogens (tertiary/aromatic N) is 7. The maximum atomic E-state index is 7.32. The van der Waals surface area contributed by atoms with Crippen molar-refractivity contribution in [1.29, 1.82) is 10.5 Å². The van der Waals surface area contributed by atoms with Crippen molar-refractivity contribution in [1.82, 2.24) is 29.3 Å². The van der Waals surface area contributed by atoms with Crippen molar-refractivity contribution in [3.05, 3.63) is 43.6 Å². The Morgan fingerprint density at radius 2 is 1.28 bits per heavy atom. The van der Waals surface area contributed by atoms with E-state index in [1.165, 1.54) is 65.1 Å². The van der Waals surface area contributed by atoms with Crippen molar-refractivity contribution in [2.75, 3.05) is 20.3 Å². The Balaban J connectivity index is -0.000000153. The van der Waals surface area contributed by atoms with Crippen LogP contribution in [0.1, 0.15) is 93.9 Å². The van der Waals surface area contributed by atoms with Gasteiger partial charge in [0.15, 0.2) is 10.3 Å². The van der Waals surface area contributed by atoms with Crippen molar-refractivity contribution in [2.45, 2.75) is 100 Å². The number of halogens is 7. The van der Waals surface area contributed by atoms with Crippen LogP contribution in [0.2, 0.25) is 20.6 Å². The van der Waals surface area contributed by atoms with Gasteiger partial charge in [0.1, 0.15) is 20.6 Å². The highest BCUT2D eigenvalue weighted by atomic mass is 127. The van der Waals surface area contributed by atoms with Crippen LogP contribution in [0, 0.1) is 22.7 Å². The normalized spacial score (nSPS) is 10.7. The Kier molecular flexibility index (Phi) is 41.0. The van der Waals surface area contributed by atoms with E-state index in [1.807, 2.05) is 16.5 Å². The zero-order chi connectivity index (χ0) is 30.9. The number of rotatable bonds is 10. The summed E-state index contributed by atoms with van der Waals surface area (Å²) in [6.07, 6.45) is 13.1. The number of hydrogen-bond acceptors (Lipinski definition) is 6. The maximum absolute atomic E-state index is 7.32. The molecule has 15 heteroatoms. The quantitative estimate of drug-likeness (QED) is 0.147. The van der Waals surface area contributed by atoms with Gasteiger partial charge in [0, 0.05) is 34.0 Å². The highest BCUT2D eigenvalue weighted by Crippen LogP contribution is 2.28. The Labute approximate surface area is 307 Å². The molecule has 2 aromatic heterocycles. The number of H-pyrrole nitrogens is 1. The van der Waals surface area contributed by atoms with Gasteiger partial charge in [0.25, 0.3) is 0 Å². The lowest BCUT2D eigenvalue weighted by Gasteiger charge is -2.19. The van der Waals surface area contributed by atoms with Crippen LogP contribution in [0.4, 0.5) is 0 Å². The Hall–Kier alpha value is -0.790. The van der Waals surface area contributed by atoms with Gasteiger partial charge in [-0.2, -0.15) is 10.5 Å². The van der Waals surface area contributed by atoms with E-state index in [4.69, 9.17) is 80.1 Å². The van der Waals surface area contributed by atoms with E-state index >= 15 is 0 Å². The lowest BCUT2D eigenvalue weighted by molar-refractivity contribution is -0.00000974. The minimum atomic E-state index is 0. The van der Waals surface area contributed by atoms with Gasteiger partial charge in [-0.1, -0.05) is 137 Å². The topological polar surface area (TPSA) is 101 Å². The standard InChI is InChI=1S/C10H18Cl2N2.C9H14Cl2N2.C3H2Cl2N2.2C2H3N.2CH4.HI/c1-3-4-5-6-7-14-8-13(2)9(11)10(14)12;1-2-3-4-5-6-13-7-12-8(10)9(13)11;4-2-3(5)7-1-6-2;2*1-2-3;;;/h3-8H2,1-2H3;7H,2-6H2,1H3;1H,(H,6,7);2*1H3;2*1H4;1H/p-1. The molecule has 0 aromatic carbocycles. The summed E-state index contributed by atoms with van der Waals surface area (Å²) in [5.41, 5.74) is 0. The number of aryl methyl sites for hydroxylation is 1. The summed E-state index contributed by atoms with van der Waals surface area (Å²) in [6, 6.07) is 3.50. The molecule has 0 aliphatic carbocycles. The molecule has 0 spiro atoms. The number of nitriles is 2. The molecule has 0 radical (unpaired) electrons. The van der Waals surface area contributed by atoms with Crippen molar-refractivity contribution in [3.8, 4) is 12.1 Å². The second-order valence-corrected chi connectivity index (χ2v) is 10.4. The summed E-state index contributed by atoms with van der Waals surface area (Å²) < 4.78 is 1.89. The van der Waals surface area contributed by atoms with E-state index in [0.717, 1.165) is 26.2 Å². The van der Waals surface area contributed by atoms with E-state index in [-0.39, 0.29) is 38.8 Å². The molecule has 3 rings (SSSR count). The first-order valence-electron chi connectivity index (χ1n) is 12.9. The number of hydrogen-bond donors (Lipinski definition) is 1. The molecule has 0 amide bonds. The van der Waals surface area contributed by atoms with E-state index in [0.29, 0.717) is 30.9 Å². The predicted molar refractivity (Wildman–Crippen MR) is 183 cm³/mol. The van der Waals surface area contributed by atoms with Gasteiger partial charge in [-0.3, -0.25) is 0 Å². The molecule has 0 fully saturated rings. The van der Waals surface area contributed by atoms with Crippen molar-refractivity contribution in [2.24, 2.45) is 0 Å². The van der Waals surface area contributed by atoms with E-state index in [2.05, 4.69) is 33.7 Å². The van der Waals surface area contributed by atoms with E-state index in [9.17, 15) is 0 Å². The van der Waals surface area contributed by atoms with Crippen molar-refractivity contribution >= 4 is 69.6 Å². The largest absolute Gasteiger partial charge is 1.00 e. The molecule has 2 aromatic rings. The minimum Gasteiger partial charge on any atom is -1.00 e. The molecule has 1 N–H and O–H groups in total. The molecule has 0 saturated heterocycles. The average molecular weight is 836 g/mol. The molecule has 43 heavy (non-hydrogen) atoms. The molecular formula is C28H48Cl6IN8-. The molecule has 0 bridgehead atoms. The number of aromatic amines is 1. The van der Waals surface area contributed by atoms with Crippen LogP contribution in [0.3, 0.4) is 0 Å². The van der Waals surface area contributed by atoms with Gasteiger partial charge in [0.05, 0.1) is 31.5 Å². The third-order valence-electron chi connectivity index (χ3n) is 4.98. The molecule has 8 nitrogen and oxygen atoms in total. The fourth-order valence-electron chi connectivity index (χ4n) is 3.04. The fraction of sp³-hybridized carbons (Fsp3) is 0.643. The summed E-state index contributed by atoms with van der Waals surface area (Å²) in [4.78, 5) is 14.2. The fourth-order valence-corrected chi connectivity index (χ4v) is 4.02. The van der Waals surface area contributed by atoms with Crippen LogP contribution in [-0.2, 0) is 6.54 Å². The summed E-state index contributed by atoms with van der Waals surface area (Å²) in [7, 11) is 1.96. The first-order valence-corrected chi connectivity index (χ1v) is 15.2. The second kappa shape index (κ2) is 34.1. The van der Waals surface area contributed by atoms with Crippen LogP contribution in [-0.4, -0.2) is 49.6 Å². The second-order valence-electron chi connectivity index (χ2n) is 8.28. The first kappa shape index (κ1) is 51.8. The molecule has 3 heterocycles. The average Bonchev–Trinajstić information content (AvgIpc) is 3.54. The highest BCUT2D eigenvalue weighted by molar-refractivity contribution is 6.41. The first-order chi connectivity index (χ1) is 19.1. The van der Waals surface area contributed by atoms with Crippen LogP contribution in [0.25, 0.3) is 0 Å². The van der Waals surface area contributed by atoms with Crippen molar-refractivity contribution < 1.29 is 24.0 Å². The molecule has 1 aliphatic rings. The van der Waals surface area contributed by atoms with E-state index in [1.54, 1.807) is 18.5 Å². The van der Waals surface area contributed by atoms with Crippen LogP contribution in [0.5, 0.6) is 0 Å². The zero-order valence-corrected chi connectivity index (χ0v) is 30.9. The lowest BCUT2D eigenvalue weighted by Crippen LogP contribution is -3.00. The summed E-state index contributed by atoms with van der Waals surface area (Å²) in [5.74, 6) is 0.